The molecule has 1 aliphatic carbocycles. The summed E-state index contributed by atoms with van der Waals surface area (Å²) in [6, 6.07) is 0. The fourth-order valence-electron chi connectivity index (χ4n) is 3.40. The molecular formula is C15H31N3O. The van der Waals surface area contributed by atoms with Crippen molar-refractivity contribution in [1.29, 1.82) is 0 Å². The lowest BCUT2D eigenvalue weighted by atomic mass is 9.78. The van der Waals surface area contributed by atoms with Gasteiger partial charge in [0.2, 0.25) is 0 Å². The molecule has 4 N–H and O–H groups in total. The quantitative estimate of drug-likeness (QED) is 0.198. The van der Waals surface area contributed by atoms with Crippen molar-refractivity contribution in [2.75, 3.05) is 13.1 Å². The summed E-state index contributed by atoms with van der Waals surface area (Å²) in [5, 5.41) is 15.1. The highest BCUT2D eigenvalue weighted by atomic mass is 16.4. The normalized spacial score (nSPS) is 19.2. The van der Waals surface area contributed by atoms with Crippen LogP contribution in [0.25, 0.3) is 0 Å². The average Bonchev–Trinajstić information content (AvgIpc) is 2.81. The summed E-state index contributed by atoms with van der Waals surface area (Å²) in [7, 11) is 0. The maximum Gasteiger partial charge on any atom is 0.139 e. The monoisotopic (exact) mass is 269 g/mol. The maximum atomic E-state index is 8.45. The highest BCUT2D eigenvalue weighted by Gasteiger charge is 2.33. The molecule has 0 spiro atoms. The van der Waals surface area contributed by atoms with Crippen molar-refractivity contribution in [3.63, 3.8) is 0 Å². The van der Waals surface area contributed by atoms with Gasteiger partial charge in [-0.25, -0.2) is 0 Å². The minimum Gasteiger partial charge on any atom is -0.409 e. The van der Waals surface area contributed by atoms with Gasteiger partial charge in [0.25, 0.3) is 0 Å². The van der Waals surface area contributed by atoms with Gasteiger partial charge in [-0.1, -0.05) is 31.8 Å². The van der Waals surface area contributed by atoms with Gasteiger partial charge < -0.3 is 16.3 Å². The molecule has 0 aromatic rings. The standard InChI is InChI=1S/C15H31N3O/c1-13(2)11-15(8-4-5-9-15)12-17-10-6-3-7-14(16)18-19/h13,17,19H,3-12H2,1-2H3,(H2,16,18). The second-order valence-electron chi connectivity index (χ2n) is 6.53. The smallest absolute Gasteiger partial charge is 0.139 e. The van der Waals surface area contributed by atoms with Gasteiger partial charge in [-0.2, -0.15) is 0 Å². The Kier molecular flexibility index (Phi) is 7.21. The Hall–Kier alpha value is -0.770. The van der Waals surface area contributed by atoms with Gasteiger partial charge in [0.05, 0.1) is 0 Å². The van der Waals surface area contributed by atoms with Crippen LogP contribution in [0, 0.1) is 11.3 Å². The molecule has 0 atom stereocenters. The van der Waals surface area contributed by atoms with Crippen LogP contribution in [0.5, 0.6) is 0 Å². The SMILES string of the molecule is CC(C)CC1(CNCCCCC(N)=NO)CCCC1. The third kappa shape index (κ3) is 6.28. The molecule has 4 heteroatoms. The highest BCUT2D eigenvalue weighted by molar-refractivity contribution is 5.79. The first kappa shape index (κ1) is 16.3. The Bertz CT molecular complexity index is 271. The number of hydrogen-bond donors (Lipinski definition) is 3. The summed E-state index contributed by atoms with van der Waals surface area (Å²) in [5.74, 6) is 1.13. The van der Waals surface area contributed by atoms with Gasteiger partial charge in [0.15, 0.2) is 0 Å². The van der Waals surface area contributed by atoms with Crippen LogP contribution in [0.2, 0.25) is 0 Å². The molecule has 0 heterocycles. The van der Waals surface area contributed by atoms with Crippen LogP contribution in [0.4, 0.5) is 0 Å². The third-order valence-electron chi connectivity index (χ3n) is 4.17. The molecule has 4 nitrogen and oxygen atoms in total. The molecule has 0 aliphatic heterocycles. The van der Waals surface area contributed by atoms with E-state index in [1.807, 2.05) is 0 Å². The Morgan fingerprint density at radius 2 is 2.00 bits per heavy atom. The summed E-state index contributed by atoms with van der Waals surface area (Å²) >= 11 is 0. The minimum atomic E-state index is 0.340. The lowest BCUT2D eigenvalue weighted by Gasteiger charge is -2.31. The molecule has 1 fully saturated rings. The minimum absolute atomic E-state index is 0.340. The zero-order chi connectivity index (χ0) is 14.1. The number of oxime groups is 1. The number of hydrogen-bond acceptors (Lipinski definition) is 3. The van der Waals surface area contributed by atoms with Gasteiger partial charge in [-0.05, 0) is 50.0 Å². The van der Waals surface area contributed by atoms with E-state index in [0.29, 0.717) is 17.7 Å². The van der Waals surface area contributed by atoms with Crippen molar-refractivity contribution in [2.45, 2.75) is 65.2 Å². The first-order chi connectivity index (χ1) is 9.08. The number of nitrogens with one attached hydrogen (secondary N) is 1. The molecule has 112 valence electrons. The molecule has 0 bridgehead atoms. The van der Waals surface area contributed by atoms with Gasteiger partial charge >= 0.3 is 0 Å². The fourth-order valence-corrected chi connectivity index (χ4v) is 3.40. The van der Waals surface area contributed by atoms with Crippen LogP contribution >= 0.6 is 0 Å². The van der Waals surface area contributed by atoms with Crippen LogP contribution in [0.1, 0.15) is 65.2 Å². The van der Waals surface area contributed by atoms with Crippen molar-refractivity contribution < 1.29 is 5.21 Å². The lowest BCUT2D eigenvalue weighted by molar-refractivity contribution is 0.224. The highest BCUT2D eigenvalue weighted by Crippen LogP contribution is 2.42. The van der Waals surface area contributed by atoms with E-state index in [0.717, 1.165) is 31.8 Å². The van der Waals surface area contributed by atoms with Gasteiger partial charge in [0, 0.05) is 13.0 Å². The second kappa shape index (κ2) is 8.41. The largest absolute Gasteiger partial charge is 0.409 e. The van der Waals surface area contributed by atoms with Gasteiger partial charge in [-0.3, -0.25) is 0 Å². The van der Waals surface area contributed by atoms with Gasteiger partial charge in [-0.15, -0.1) is 0 Å². The Morgan fingerprint density at radius 1 is 1.32 bits per heavy atom. The molecular weight excluding hydrogens is 238 g/mol. The van der Waals surface area contributed by atoms with E-state index in [4.69, 9.17) is 10.9 Å². The van der Waals surface area contributed by atoms with E-state index in [9.17, 15) is 0 Å². The summed E-state index contributed by atoms with van der Waals surface area (Å²) in [4.78, 5) is 0. The number of nitrogens with two attached hydrogens (primary N) is 1. The van der Waals surface area contributed by atoms with Crippen LogP contribution < -0.4 is 11.1 Å². The van der Waals surface area contributed by atoms with E-state index in [-0.39, 0.29) is 0 Å². The van der Waals surface area contributed by atoms with Crippen molar-refractivity contribution in [1.82, 2.24) is 5.32 Å². The first-order valence-electron chi connectivity index (χ1n) is 7.75. The molecule has 1 rings (SSSR count). The molecule has 0 radical (unpaired) electrons. The predicted octanol–water partition coefficient (Wildman–Crippen LogP) is 3.10. The molecule has 1 aliphatic rings. The van der Waals surface area contributed by atoms with Crippen LogP contribution in [0.3, 0.4) is 0 Å². The Balaban J connectivity index is 2.15. The molecule has 0 unspecified atom stereocenters. The van der Waals surface area contributed by atoms with Crippen molar-refractivity contribution in [3.8, 4) is 0 Å². The Morgan fingerprint density at radius 3 is 2.58 bits per heavy atom. The summed E-state index contributed by atoms with van der Waals surface area (Å²) in [6.45, 7) is 6.86. The van der Waals surface area contributed by atoms with E-state index in [1.165, 1.54) is 32.1 Å². The van der Waals surface area contributed by atoms with Crippen molar-refractivity contribution >= 4 is 5.84 Å². The van der Waals surface area contributed by atoms with E-state index < -0.39 is 0 Å². The number of rotatable bonds is 9. The van der Waals surface area contributed by atoms with E-state index >= 15 is 0 Å². The Labute approximate surface area is 117 Å². The lowest BCUT2D eigenvalue weighted by Crippen LogP contribution is -2.34. The molecule has 19 heavy (non-hydrogen) atoms. The number of unbranched alkanes of at least 4 members (excludes halogenated alkanes) is 1. The van der Waals surface area contributed by atoms with Gasteiger partial charge in [0.1, 0.15) is 5.84 Å². The number of nitrogens with zero attached hydrogens (tertiary/aromatic N) is 1. The topological polar surface area (TPSA) is 70.6 Å². The zero-order valence-corrected chi connectivity index (χ0v) is 12.6. The van der Waals surface area contributed by atoms with Crippen molar-refractivity contribution in [3.05, 3.63) is 0 Å². The van der Waals surface area contributed by atoms with Crippen LogP contribution in [-0.2, 0) is 0 Å². The molecule has 0 saturated heterocycles. The molecule has 0 amide bonds. The second-order valence-corrected chi connectivity index (χ2v) is 6.53. The summed E-state index contributed by atoms with van der Waals surface area (Å²) in [5.41, 5.74) is 6.00. The predicted molar refractivity (Wildman–Crippen MR) is 80.5 cm³/mol. The van der Waals surface area contributed by atoms with Crippen LogP contribution in [0.15, 0.2) is 5.16 Å². The van der Waals surface area contributed by atoms with Crippen molar-refractivity contribution in [2.24, 2.45) is 22.2 Å². The first-order valence-corrected chi connectivity index (χ1v) is 7.75. The molecule has 0 aromatic heterocycles. The third-order valence-corrected chi connectivity index (χ3v) is 4.17. The molecule has 0 aromatic carbocycles. The average molecular weight is 269 g/mol. The van der Waals surface area contributed by atoms with Crippen LogP contribution in [-0.4, -0.2) is 24.1 Å². The molecule has 1 saturated carbocycles. The maximum absolute atomic E-state index is 8.45. The summed E-state index contributed by atoms with van der Waals surface area (Å²) in [6.07, 6.45) is 9.70. The summed E-state index contributed by atoms with van der Waals surface area (Å²) < 4.78 is 0. The zero-order valence-electron chi connectivity index (χ0n) is 12.6. The van der Waals surface area contributed by atoms with E-state index in [2.05, 4.69) is 24.3 Å². The van der Waals surface area contributed by atoms with E-state index in [1.54, 1.807) is 0 Å². The number of amidine groups is 1. The fraction of sp³-hybridized carbons (Fsp3) is 0.933.